The number of carbonyl (C=O) groups excluding carboxylic acids is 1. The smallest absolute Gasteiger partial charge is 0.193 e. The third-order valence-corrected chi connectivity index (χ3v) is 3.82. The number of aromatic nitrogens is 2. The Balaban J connectivity index is 2.10. The number of Topliss-reactive ketones (excluding diaryl/α,β-unsaturated/α-hetero) is 1. The van der Waals surface area contributed by atoms with E-state index in [1.54, 1.807) is 29.4 Å². The van der Waals surface area contributed by atoms with E-state index in [1.807, 2.05) is 6.92 Å². The van der Waals surface area contributed by atoms with Crippen molar-refractivity contribution >= 4 is 21.7 Å². The van der Waals surface area contributed by atoms with Gasteiger partial charge in [-0.25, -0.2) is 4.98 Å². The molecule has 1 N–H and O–H groups in total. The number of rotatable bonds is 1. The molecule has 0 spiro atoms. The van der Waals surface area contributed by atoms with Crippen molar-refractivity contribution < 1.29 is 14.6 Å². The molecule has 2 heterocycles. The van der Waals surface area contributed by atoms with Crippen molar-refractivity contribution in [3.8, 4) is 11.5 Å². The summed E-state index contributed by atoms with van der Waals surface area (Å²) in [4.78, 5) is 16.5. The summed E-state index contributed by atoms with van der Waals surface area (Å²) in [6, 6.07) is 2.60. The Labute approximate surface area is 118 Å². The highest BCUT2D eigenvalue weighted by atomic mass is 79.9. The van der Waals surface area contributed by atoms with Crippen LogP contribution in [0.2, 0.25) is 0 Å². The fourth-order valence-corrected chi connectivity index (χ4v) is 2.63. The molecule has 6 heteroatoms. The van der Waals surface area contributed by atoms with Crippen molar-refractivity contribution in [1.29, 1.82) is 0 Å². The zero-order valence-electron chi connectivity index (χ0n) is 10.1. The second-order valence-electron chi connectivity index (χ2n) is 4.44. The third-order valence-electron chi connectivity index (χ3n) is 3.19. The molecule has 1 aliphatic rings. The van der Waals surface area contributed by atoms with Crippen LogP contribution < -0.4 is 4.74 Å². The SMILES string of the molecule is C[C@@H]1Oc2cc(O)c(Br)cc2C(=O)[C@H]1n1ccnc1. The van der Waals surface area contributed by atoms with E-state index < -0.39 is 6.04 Å². The summed E-state index contributed by atoms with van der Waals surface area (Å²) in [5.74, 6) is 0.418. The molecular formula is C13H11BrN2O3. The molecule has 0 aliphatic carbocycles. The highest BCUT2D eigenvalue weighted by molar-refractivity contribution is 9.10. The van der Waals surface area contributed by atoms with Crippen molar-refractivity contribution in [2.24, 2.45) is 0 Å². The van der Waals surface area contributed by atoms with Gasteiger partial charge in [-0.3, -0.25) is 4.79 Å². The van der Waals surface area contributed by atoms with Crippen LogP contribution in [0.25, 0.3) is 0 Å². The zero-order valence-corrected chi connectivity index (χ0v) is 11.7. The average molecular weight is 323 g/mol. The summed E-state index contributed by atoms with van der Waals surface area (Å²) in [6.45, 7) is 1.82. The van der Waals surface area contributed by atoms with Crippen LogP contribution >= 0.6 is 15.9 Å². The quantitative estimate of drug-likeness (QED) is 0.876. The first kappa shape index (κ1) is 12.2. The van der Waals surface area contributed by atoms with E-state index in [4.69, 9.17) is 4.74 Å². The molecule has 1 aliphatic heterocycles. The molecule has 2 aromatic rings. The molecule has 1 aromatic carbocycles. The predicted molar refractivity (Wildman–Crippen MR) is 71.5 cm³/mol. The van der Waals surface area contributed by atoms with E-state index >= 15 is 0 Å². The molecule has 0 saturated heterocycles. The van der Waals surface area contributed by atoms with E-state index in [2.05, 4.69) is 20.9 Å². The fourth-order valence-electron chi connectivity index (χ4n) is 2.28. The number of ether oxygens (including phenoxy) is 1. The summed E-state index contributed by atoms with van der Waals surface area (Å²) in [7, 11) is 0. The number of nitrogens with zero attached hydrogens (tertiary/aromatic N) is 2. The predicted octanol–water partition coefficient (Wildman–Crippen LogP) is 2.56. The first-order valence-corrected chi connectivity index (χ1v) is 6.58. The number of fused-ring (bicyclic) bond motifs is 1. The molecule has 0 radical (unpaired) electrons. The molecule has 1 aromatic heterocycles. The topological polar surface area (TPSA) is 64.3 Å². The lowest BCUT2D eigenvalue weighted by Gasteiger charge is -2.31. The third kappa shape index (κ3) is 1.92. The van der Waals surface area contributed by atoms with E-state index in [-0.39, 0.29) is 17.6 Å². The summed E-state index contributed by atoms with van der Waals surface area (Å²) in [5, 5.41) is 9.64. The van der Waals surface area contributed by atoms with Crippen LogP contribution in [0.15, 0.2) is 35.3 Å². The summed E-state index contributed by atoms with van der Waals surface area (Å²) in [6.07, 6.45) is 4.64. The van der Waals surface area contributed by atoms with Gasteiger partial charge in [0.1, 0.15) is 23.6 Å². The van der Waals surface area contributed by atoms with Crippen molar-refractivity contribution in [2.75, 3.05) is 0 Å². The Morgan fingerprint density at radius 2 is 2.26 bits per heavy atom. The van der Waals surface area contributed by atoms with Gasteiger partial charge in [-0.2, -0.15) is 0 Å². The maximum Gasteiger partial charge on any atom is 0.193 e. The van der Waals surface area contributed by atoms with Crippen LogP contribution in [0.3, 0.4) is 0 Å². The second-order valence-corrected chi connectivity index (χ2v) is 5.30. The maximum absolute atomic E-state index is 12.6. The summed E-state index contributed by atoms with van der Waals surface area (Å²) in [5.41, 5.74) is 0.460. The van der Waals surface area contributed by atoms with Crippen molar-refractivity contribution in [3.05, 3.63) is 40.9 Å². The normalized spacial score (nSPS) is 21.9. The number of phenolic OH excluding ortho intramolecular Hbond substituents is 1. The molecular weight excluding hydrogens is 312 g/mol. The van der Waals surface area contributed by atoms with Gasteiger partial charge in [0.05, 0.1) is 16.4 Å². The molecule has 3 rings (SSSR count). The van der Waals surface area contributed by atoms with E-state index in [0.717, 1.165) is 0 Å². The van der Waals surface area contributed by atoms with Crippen molar-refractivity contribution in [2.45, 2.75) is 19.1 Å². The van der Waals surface area contributed by atoms with E-state index in [1.165, 1.54) is 6.07 Å². The number of benzene rings is 1. The van der Waals surface area contributed by atoms with Crippen LogP contribution in [0.1, 0.15) is 23.3 Å². The number of carbonyl (C=O) groups is 1. The number of hydrogen-bond acceptors (Lipinski definition) is 4. The Hall–Kier alpha value is -1.82. The molecule has 0 fully saturated rings. The number of hydrogen-bond donors (Lipinski definition) is 1. The fraction of sp³-hybridized carbons (Fsp3) is 0.231. The minimum absolute atomic E-state index is 0.0487. The van der Waals surface area contributed by atoms with Crippen LogP contribution in [0, 0.1) is 0 Å². The number of phenols is 1. The highest BCUT2D eigenvalue weighted by Gasteiger charge is 2.36. The van der Waals surface area contributed by atoms with Crippen LogP contribution in [-0.2, 0) is 0 Å². The standard InChI is InChI=1S/C13H11BrN2O3/c1-7-12(16-3-2-15-6-16)13(18)8-4-9(14)10(17)5-11(8)19-7/h2-7,12,17H,1H3/t7-,12-/m0/s1. The molecule has 2 atom stereocenters. The largest absolute Gasteiger partial charge is 0.507 e. The Kier molecular flexibility index (Phi) is 2.82. The lowest BCUT2D eigenvalue weighted by molar-refractivity contribution is 0.0717. The Bertz CT molecular complexity index is 640. The number of halogens is 1. The van der Waals surface area contributed by atoms with Gasteiger partial charge >= 0.3 is 0 Å². The number of ketones is 1. The highest BCUT2D eigenvalue weighted by Crippen LogP contribution is 2.39. The molecule has 98 valence electrons. The maximum atomic E-state index is 12.6. The monoisotopic (exact) mass is 322 g/mol. The molecule has 19 heavy (non-hydrogen) atoms. The van der Waals surface area contributed by atoms with Crippen LogP contribution in [-0.4, -0.2) is 26.5 Å². The first-order chi connectivity index (χ1) is 9.08. The zero-order chi connectivity index (χ0) is 13.6. The van der Waals surface area contributed by atoms with Gasteiger partial charge in [0.25, 0.3) is 0 Å². The lowest BCUT2D eigenvalue weighted by Crippen LogP contribution is -2.37. The summed E-state index contributed by atoms with van der Waals surface area (Å²) >= 11 is 3.21. The van der Waals surface area contributed by atoms with Gasteiger partial charge in [-0.1, -0.05) is 0 Å². The molecule has 0 saturated carbocycles. The van der Waals surface area contributed by atoms with Crippen molar-refractivity contribution in [3.63, 3.8) is 0 Å². The van der Waals surface area contributed by atoms with Gasteiger partial charge in [-0.15, -0.1) is 0 Å². The van der Waals surface area contributed by atoms with E-state index in [0.29, 0.717) is 15.8 Å². The number of imidazole rings is 1. The van der Waals surface area contributed by atoms with Crippen LogP contribution in [0.5, 0.6) is 11.5 Å². The van der Waals surface area contributed by atoms with Gasteiger partial charge in [0.15, 0.2) is 5.78 Å². The van der Waals surface area contributed by atoms with Gasteiger partial charge in [0, 0.05) is 18.5 Å². The Morgan fingerprint density at radius 1 is 1.47 bits per heavy atom. The minimum Gasteiger partial charge on any atom is -0.507 e. The second kappa shape index (κ2) is 4.38. The molecule has 5 nitrogen and oxygen atoms in total. The molecule has 0 amide bonds. The van der Waals surface area contributed by atoms with Crippen LogP contribution in [0.4, 0.5) is 0 Å². The molecule has 0 bridgehead atoms. The van der Waals surface area contributed by atoms with Crippen molar-refractivity contribution in [1.82, 2.24) is 9.55 Å². The first-order valence-electron chi connectivity index (χ1n) is 5.78. The lowest BCUT2D eigenvalue weighted by atomic mass is 9.96. The van der Waals surface area contributed by atoms with Gasteiger partial charge in [-0.05, 0) is 28.9 Å². The van der Waals surface area contributed by atoms with Gasteiger partial charge in [0.2, 0.25) is 0 Å². The number of aromatic hydroxyl groups is 1. The molecule has 0 unspecified atom stereocenters. The minimum atomic E-state index is -0.438. The average Bonchev–Trinajstić information content (AvgIpc) is 2.86. The van der Waals surface area contributed by atoms with E-state index in [9.17, 15) is 9.90 Å². The van der Waals surface area contributed by atoms with Gasteiger partial charge < -0.3 is 14.4 Å². The summed E-state index contributed by atoms with van der Waals surface area (Å²) < 4.78 is 7.93. The Morgan fingerprint density at radius 3 is 2.95 bits per heavy atom.